The third kappa shape index (κ3) is 7.35. The second-order valence-electron chi connectivity index (χ2n) is 7.56. The first-order chi connectivity index (χ1) is 15.0. The van der Waals surface area contributed by atoms with Crippen LogP contribution >= 0.6 is 11.6 Å². The summed E-state index contributed by atoms with van der Waals surface area (Å²) in [7, 11) is 0. The zero-order valence-electron chi connectivity index (χ0n) is 17.8. The van der Waals surface area contributed by atoms with Crippen LogP contribution in [0.25, 0.3) is 0 Å². The highest BCUT2D eigenvalue weighted by molar-refractivity contribution is 6.30. The first-order valence-electron chi connectivity index (χ1n) is 10.6. The van der Waals surface area contributed by atoms with E-state index in [1.54, 1.807) is 18.2 Å². The molecule has 1 aliphatic heterocycles. The Balaban J connectivity index is 1.47. The van der Waals surface area contributed by atoms with Gasteiger partial charge < -0.3 is 14.8 Å². The van der Waals surface area contributed by atoms with E-state index in [9.17, 15) is 9.59 Å². The number of nitrogens with one attached hydrogen (secondary N) is 1. The van der Waals surface area contributed by atoms with Gasteiger partial charge in [-0.3, -0.25) is 14.5 Å². The third-order valence-electron chi connectivity index (χ3n) is 5.27. The van der Waals surface area contributed by atoms with E-state index in [0.29, 0.717) is 55.5 Å². The highest BCUT2D eigenvalue weighted by atomic mass is 35.5. The maximum Gasteiger partial charge on any atom is 0.220 e. The Morgan fingerprint density at radius 2 is 1.94 bits per heavy atom. The van der Waals surface area contributed by atoms with Crippen LogP contribution in [0, 0.1) is 0 Å². The summed E-state index contributed by atoms with van der Waals surface area (Å²) in [6.07, 6.45) is 0.966. The van der Waals surface area contributed by atoms with E-state index in [1.165, 1.54) is 6.92 Å². The zero-order chi connectivity index (χ0) is 22.1. The predicted octanol–water partition coefficient (Wildman–Crippen LogP) is 3.89. The van der Waals surface area contributed by atoms with Gasteiger partial charge in [-0.2, -0.15) is 0 Å². The molecule has 0 radical (unpaired) electrons. The maximum absolute atomic E-state index is 12.4. The number of carbonyl (C=O) groups excluding carboxylic acids is 2. The summed E-state index contributed by atoms with van der Waals surface area (Å²) in [6, 6.07) is 14.9. The molecule has 0 spiro atoms. The fourth-order valence-electron chi connectivity index (χ4n) is 3.59. The van der Waals surface area contributed by atoms with Gasteiger partial charge in [-0.25, -0.2) is 0 Å². The molecule has 31 heavy (non-hydrogen) atoms. The molecule has 1 amide bonds. The Kier molecular flexibility index (Phi) is 8.88. The maximum atomic E-state index is 12.4. The summed E-state index contributed by atoms with van der Waals surface area (Å²) in [6.45, 7) is 5.47. The SMILES string of the molecule is CC(=O)c1cccc(OCCCC(=O)NCC(c2cccc(Cl)c2)N2CCOCC2)c1. The van der Waals surface area contributed by atoms with Crippen LogP contribution in [0.2, 0.25) is 5.02 Å². The van der Waals surface area contributed by atoms with Crippen molar-refractivity contribution in [2.45, 2.75) is 25.8 Å². The Labute approximate surface area is 188 Å². The van der Waals surface area contributed by atoms with Crippen LogP contribution < -0.4 is 10.1 Å². The standard InChI is InChI=1S/C24H29ClN2O4/c1-18(28)19-5-3-8-22(16-19)31-12-4-9-24(29)26-17-23(27-10-13-30-14-11-27)20-6-2-7-21(25)15-20/h2-3,5-8,15-16,23H,4,9-14,17H2,1H3,(H,26,29). The van der Waals surface area contributed by atoms with Crippen molar-refractivity contribution >= 4 is 23.3 Å². The summed E-state index contributed by atoms with van der Waals surface area (Å²) < 4.78 is 11.2. The zero-order valence-corrected chi connectivity index (χ0v) is 18.6. The monoisotopic (exact) mass is 444 g/mol. The molecule has 0 aliphatic carbocycles. The van der Waals surface area contributed by atoms with Crippen LogP contribution in [0.4, 0.5) is 0 Å². The number of halogens is 1. The van der Waals surface area contributed by atoms with Crippen molar-refractivity contribution in [3.8, 4) is 5.75 Å². The Bertz CT molecular complexity index is 883. The average Bonchev–Trinajstić information content (AvgIpc) is 2.78. The quantitative estimate of drug-likeness (QED) is 0.444. The van der Waals surface area contributed by atoms with Crippen molar-refractivity contribution in [2.75, 3.05) is 39.5 Å². The lowest BCUT2D eigenvalue weighted by atomic mass is 10.0. The van der Waals surface area contributed by atoms with Gasteiger partial charge in [0.1, 0.15) is 5.75 Å². The van der Waals surface area contributed by atoms with Crippen molar-refractivity contribution in [1.82, 2.24) is 10.2 Å². The number of morpholine rings is 1. The van der Waals surface area contributed by atoms with Gasteiger partial charge in [0.2, 0.25) is 5.91 Å². The molecule has 1 unspecified atom stereocenters. The van der Waals surface area contributed by atoms with Crippen molar-refractivity contribution in [2.24, 2.45) is 0 Å². The molecule has 0 saturated carbocycles. The number of ether oxygens (including phenoxy) is 2. The largest absolute Gasteiger partial charge is 0.494 e. The molecule has 166 valence electrons. The van der Waals surface area contributed by atoms with Gasteiger partial charge in [-0.15, -0.1) is 0 Å². The molecule has 0 aromatic heterocycles. The van der Waals surface area contributed by atoms with Crippen LogP contribution in [-0.2, 0) is 9.53 Å². The van der Waals surface area contributed by atoms with Crippen LogP contribution in [0.3, 0.4) is 0 Å². The summed E-state index contributed by atoms with van der Waals surface area (Å²) in [5.41, 5.74) is 1.70. The van der Waals surface area contributed by atoms with Crippen LogP contribution in [0.15, 0.2) is 48.5 Å². The van der Waals surface area contributed by atoms with E-state index >= 15 is 0 Å². The van der Waals surface area contributed by atoms with Crippen LogP contribution in [0.1, 0.15) is 41.7 Å². The Hall–Kier alpha value is -2.41. The lowest BCUT2D eigenvalue weighted by Gasteiger charge is -2.35. The molecule has 1 fully saturated rings. The summed E-state index contributed by atoms with van der Waals surface area (Å²) >= 11 is 6.19. The Morgan fingerprint density at radius 1 is 1.16 bits per heavy atom. The summed E-state index contributed by atoms with van der Waals surface area (Å²) in [5, 5.41) is 3.74. The van der Waals surface area contributed by atoms with Crippen LogP contribution in [-0.4, -0.2) is 56.0 Å². The molecular formula is C24H29ClN2O4. The van der Waals surface area contributed by atoms with Crippen LogP contribution in [0.5, 0.6) is 5.75 Å². The van der Waals surface area contributed by atoms with Crippen molar-refractivity contribution < 1.29 is 19.1 Å². The van der Waals surface area contributed by atoms with E-state index in [-0.39, 0.29) is 17.7 Å². The van der Waals surface area contributed by atoms with Gasteiger partial charge in [0.05, 0.1) is 25.9 Å². The highest BCUT2D eigenvalue weighted by Crippen LogP contribution is 2.24. The first-order valence-corrected chi connectivity index (χ1v) is 11.0. The van der Waals surface area contributed by atoms with E-state index in [4.69, 9.17) is 21.1 Å². The molecule has 6 nitrogen and oxygen atoms in total. The minimum Gasteiger partial charge on any atom is -0.494 e. The number of nitrogens with zero attached hydrogens (tertiary/aromatic N) is 1. The number of carbonyl (C=O) groups is 2. The molecule has 2 aromatic rings. The summed E-state index contributed by atoms with van der Waals surface area (Å²) in [5.74, 6) is 0.627. The molecule has 1 heterocycles. The number of benzene rings is 2. The van der Waals surface area contributed by atoms with Gasteiger partial charge in [0.25, 0.3) is 0 Å². The van der Waals surface area contributed by atoms with E-state index < -0.39 is 0 Å². The number of hydrogen-bond donors (Lipinski definition) is 1. The normalized spacial score (nSPS) is 15.3. The lowest BCUT2D eigenvalue weighted by molar-refractivity contribution is -0.121. The smallest absolute Gasteiger partial charge is 0.220 e. The van der Waals surface area contributed by atoms with E-state index in [0.717, 1.165) is 18.7 Å². The number of Topliss-reactive ketones (excluding diaryl/α,β-unsaturated/α-hetero) is 1. The molecule has 2 aromatic carbocycles. The number of rotatable bonds is 10. The molecule has 0 bridgehead atoms. The fourth-order valence-corrected chi connectivity index (χ4v) is 3.79. The van der Waals surface area contributed by atoms with Gasteiger partial charge >= 0.3 is 0 Å². The number of ketones is 1. The van der Waals surface area contributed by atoms with Crippen molar-refractivity contribution in [3.05, 3.63) is 64.7 Å². The molecule has 7 heteroatoms. The minimum atomic E-state index is -0.0126. The predicted molar refractivity (Wildman–Crippen MR) is 121 cm³/mol. The lowest BCUT2D eigenvalue weighted by Crippen LogP contribution is -2.43. The number of hydrogen-bond acceptors (Lipinski definition) is 5. The van der Waals surface area contributed by atoms with Crippen molar-refractivity contribution in [3.63, 3.8) is 0 Å². The van der Waals surface area contributed by atoms with E-state index in [2.05, 4.69) is 10.2 Å². The minimum absolute atomic E-state index is 0.000599. The molecular weight excluding hydrogens is 416 g/mol. The molecule has 1 aliphatic rings. The third-order valence-corrected chi connectivity index (χ3v) is 5.51. The highest BCUT2D eigenvalue weighted by Gasteiger charge is 2.23. The molecule has 3 rings (SSSR count). The summed E-state index contributed by atoms with van der Waals surface area (Å²) in [4.78, 5) is 26.2. The van der Waals surface area contributed by atoms with E-state index in [1.807, 2.05) is 30.3 Å². The molecule has 1 N–H and O–H groups in total. The Morgan fingerprint density at radius 3 is 2.68 bits per heavy atom. The number of amides is 1. The average molecular weight is 445 g/mol. The van der Waals surface area contributed by atoms with Gasteiger partial charge in [0, 0.05) is 36.6 Å². The molecule has 1 atom stereocenters. The second-order valence-corrected chi connectivity index (χ2v) is 8.00. The fraction of sp³-hybridized carbons (Fsp3) is 0.417. The first kappa shape index (κ1) is 23.3. The second kappa shape index (κ2) is 11.8. The van der Waals surface area contributed by atoms with Crippen molar-refractivity contribution in [1.29, 1.82) is 0 Å². The molecule has 1 saturated heterocycles. The van der Waals surface area contributed by atoms with Gasteiger partial charge in [0.15, 0.2) is 5.78 Å². The van der Waals surface area contributed by atoms with Gasteiger partial charge in [-0.1, -0.05) is 35.9 Å². The van der Waals surface area contributed by atoms with Gasteiger partial charge in [-0.05, 0) is 43.2 Å². The topological polar surface area (TPSA) is 67.9 Å².